The zero-order valence-electron chi connectivity index (χ0n) is 14.6. The maximum absolute atomic E-state index is 12.9. The number of benzene rings is 2. The van der Waals surface area contributed by atoms with Crippen LogP contribution in [0.4, 0.5) is 4.79 Å². The zero-order valence-corrected chi connectivity index (χ0v) is 15.3. The predicted molar refractivity (Wildman–Crippen MR) is 98.9 cm³/mol. The Kier molecular flexibility index (Phi) is 5.32. The van der Waals surface area contributed by atoms with Crippen molar-refractivity contribution in [3.63, 3.8) is 0 Å². The Morgan fingerprint density at radius 3 is 2.48 bits per heavy atom. The fourth-order valence-electron chi connectivity index (χ4n) is 2.90. The van der Waals surface area contributed by atoms with Crippen molar-refractivity contribution in [1.82, 2.24) is 15.8 Å². The summed E-state index contributed by atoms with van der Waals surface area (Å²) >= 11 is 5.96. The van der Waals surface area contributed by atoms with E-state index in [2.05, 4.69) is 10.7 Å². The van der Waals surface area contributed by atoms with Crippen LogP contribution in [0.2, 0.25) is 5.02 Å². The third-order valence-electron chi connectivity index (χ3n) is 4.32. The van der Waals surface area contributed by atoms with Gasteiger partial charge >= 0.3 is 6.03 Å². The van der Waals surface area contributed by atoms with E-state index in [0.29, 0.717) is 27.8 Å². The highest BCUT2D eigenvalue weighted by Gasteiger charge is 2.52. The summed E-state index contributed by atoms with van der Waals surface area (Å²) in [6.45, 7) is 1.39. The second-order valence-electron chi connectivity index (χ2n) is 5.95. The van der Waals surface area contributed by atoms with Gasteiger partial charge in [0.1, 0.15) is 11.3 Å². The van der Waals surface area contributed by atoms with Gasteiger partial charge in [-0.05, 0) is 24.1 Å². The van der Waals surface area contributed by atoms with Gasteiger partial charge in [-0.15, -0.1) is 0 Å². The summed E-state index contributed by atoms with van der Waals surface area (Å²) in [5.74, 6) is -0.871. The van der Waals surface area contributed by atoms with Crippen LogP contribution in [-0.4, -0.2) is 29.5 Å². The van der Waals surface area contributed by atoms with Crippen molar-refractivity contribution < 1.29 is 19.1 Å². The Morgan fingerprint density at radius 1 is 1.15 bits per heavy atom. The van der Waals surface area contributed by atoms with Crippen molar-refractivity contribution >= 4 is 29.4 Å². The molecule has 2 N–H and O–H groups in total. The van der Waals surface area contributed by atoms with Crippen molar-refractivity contribution in [2.24, 2.45) is 0 Å². The summed E-state index contributed by atoms with van der Waals surface area (Å²) < 4.78 is 5.33. The molecule has 8 heteroatoms. The summed E-state index contributed by atoms with van der Waals surface area (Å²) in [5.41, 5.74) is 1.73. The maximum Gasteiger partial charge on any atom is 0.344 e. The van der Waals surface area contributed by atoms with Gasteiger partial charge in [-0.2, -0.15) is 5.01 Å². The van der Waals surface area contributed by atoms with Gasteiger partial charge in [0, 0.05) is 0 Å². The van der Waals surface area contributed by atoms with E-state index >= 15 is 0 Å². The topological polar surface area (TPSA) is 87.7 Å². The van der Waals surface area contributed by atoms with Crippen molar-refractivity contribution in [2.45, 2.75) is 18.9 Å². The lowest BCUT2D eigenvalue weighted by Gasteiger charge is -2.25. The molecule has 0 aliphatic carbocycles. The largest absolute Gasteiger partial charge is 0.482 e. The lowest BCUT2D eigenvalue weighted by Crippen LogP contribution is -2.49. The van der Waals surface area contributed by atoms with Gasteiger partial charge in [-0.3, -0.25) is 15.0 Å². The second kappa shape index (κ2) is 7.67. The van der Waals surface area contributed by atoms with Crippen molar-refractivity contribution in [2.75, 3.05) is 6.61 Å². The number of urea groups is 1. The predicted octanol–water partition coefficient (Wildman–Crippen LogP) is 2.61. The zero-order chi connectivity index (χ0) is 19.4. The molecule has 0 aromatic heterocycles. The normalized spacial score (nSPS) is 19.0. The first-order valence-electron chi connectivity index (χ1n) is 8.37. The van der Waals surface area contributed by atoms with Crippen LogP contribution < -0.4 is 15.5 Å². The Hall–Kier alpha value is -3.06. The number of nitrogens with one attached hydrogen (secondary N) is 2. The quantitative estimate of drug-likeness (QED) is 0.746. The Morgan fingerprint density at radius 2 is 1.81 bits per heavy atom. The molecule has 2 aromatic carbocycles. The van der Waals surface area contributed by atoms with E-state index in [9.17, 15) is 14.4 Å². The molecule has 1 saturated heterocycles. The number of hydrazine groups is 1. The van der Waals surface area contributed by atoms with E-state index in [4.69, 9.17) is 16.3 Å². The van der Waals surface area contributed by atoms with Crippen LogP contribution in [0.25, 0.3) is 0 Å². The molecular formula is C19H18ClN3O4. The summed E-state index contributed by atoms with van der Waals surface area (Å²) in [5, 5.41) is 3.73. The molecule has 4 amide bonds. The molecule has 1 atom stereocenters. The number of amides is 4. The Balaban J connectivity index is 1.70. The number of carbonyl (C=O) groups is 3. The third-order valence-corrected chi connectivity index (χ3v) is 4.63. The molecule has 0 unspecified atom stereocenters. The van der Waals surface area contributed by atoms with Crippen molar-refractivity contribution in [3.05, 3.63) is 65.2 Å². The first-order chi connectivity index (χ1) is 13.0. The van der Waals surface area contributed by atoms with Crippen LogP contribution >= 0.6 is 11.6 Å². The number of hydrogen-bond acceptors (Lipinski definition) is 4. The number of imide groups is 1. The second-order valence-corrected chi connectivity index (χ2v) is 6.36. The monoisotopic (exact) mass is 387 g/mol. The molecule has 0 radical (unpaired) electrons. The molecule has 140 valence electrons. The van der Waals surface area contributed by atoms with Gasteiger partial charge in [-0.1, -0.05) is 61.0 Å². The highest BCUT2D eigenvalue weighted by molar-refractivity contribution is 6.32. The molecule has 1 aliphatic heterocycles. The van der Waals surface area contributed by atoms with Crippen LogP contribution in [0.3, 0.4) is 0 Å². The minimum absolute atomic E-state index is 0.332. The van der Waals surface area contributed by atoms with Gasteiger partial charge in [0.25, 0.3) is 11.8 Å². The molecular weight excluding hydrogens is 370 g/mol. The lowest BCUT2D eigenvalue weighted by molar-refractivity contribution is -0.140. The fraction of sp³-hybridized carbons (Fsp3) is 0.211. The van der Waals surface area contributed by atoms with Crippen LogP contribution in [0.15, 0.2) is 54.6 Å². The molecule has 3 rings (SSSR count). The summed E-state index contributed by atoms with van der Waals surface area (Å²) in [6, 6.07) is 14.9. The number of ether oxygens (including phenoxy) is 1. The van der Waals surface area contributed by atoms with Gasteiger partial charge in [0.15, 0.2) is 6.61 Å². The summed E-state index contributed by atoms with van der Waals surface area (Å²) in [7, 11) is 0. The molecule has 0 saturated carbocycles. The first-order valence-corrected chi connectivity index (χ1v) is 8.75. The molecule has 2 aromatic rings. The number of halogens is 1. The molecule has 1 aliphatic rings. The minimum atomic E-state index is -1.21. The van der Waals surface area contributed by atoms with E-state index in [1.54, 1.807) is 55.5 Å². The smallest absolute Gasteiger partial charge is 0.344 e. The molecule has 0 bridgehead atoms. The highest BCUT2D eigenvalue weighted by atomic mass is 35.5. The van der Waals surface area contributed by atoms with Gasteiger partial charge in [0.2, 0.25) is 0 Å². The van der Waals surface area contributed by atoms with E-state index in [1.807, 2.05) is 6.07 Å². The Bertz CT molecular complexity index is 874. The molecule has 27 heavy (non-hydrogen) atoms. The van der Waals surface area contributed by atoms with E-state index in [-0.39, 0.29) is 0 Å². The van der Waals surface area contributed by atoms with E-state index < -0.39 is 30.0 Å². The number of carbonyl (C=O) groups excluding carboxylic acids is 3. The maximum atomic E-state index is 12.9. The highest BCUT2D eigenvalue weighted by Crippen LogP contribution is 2.31. The number of hydrogen-bond donors (Lipinski definition) is 2. The average molecular weight is 388 g/mol. The van der Waals surface area contributed by atoms with Crippen LogP contribution in [-0.2, 0) is 15.1 Å². The summed E-state index contributed by atoms with van der Waals surface area (Å²) in [6.07, 6.45) is 0.337. The van der Waals surface area contributed by atoms with Gasteiger partial charge in [-0.25, -0.2) is 4.79 Å². The molecule has 1 fully saturated rings. The van der Waals surface area contributed by atoms with Gasteiger partial charge < -0.3 is 10.1 Å². The van der Waals surface area contributed by atoms with Crippen LogP contribution in [0, 0.1) is 0 Å². The molecule has 0 spiro atoms. The number of nitrogens with zero attached hydrogens (tertiary/aromatic N) is 1. The van der Waals surface area contributed by atoms with Crippen LogP contribution in [0.1, 0.15) is 18.9 Å². The number of para-hydroxylation sites is 1. The lowest BCUT2D eigenvalue weighted by atomic mass is 9.87. The van der Waals surface area contributed by atoms with Crippen molar-refractivity contribution in [3.8, 4) is 5.75 Å². The minimum Gasteiger partial charge on any atom is -0.482 e. The van der Waals surface area contributed by atoms with Crippen molar-refractivity contribution in [1.29, 1.82) is 0 Å². The Labute approximate surface area is 161 Å². The number of rotatable bonds is 6. The molecule has 7 nitrogen and oxygen atoms in total. The van der Waals surface area contributed by atoms with E-state index in [1.165, 1.54) is 0 Å². The molecule has 1 heterocycles. The SMILES string of the molecule is CC[C@]1(c2ccccc2)NC(=O)N(NC(=O)COc2ccccc2Cl)C1=O. The van der Waals surface area contributed by atoms with Gasteiger partial charge in [0.05, 0.1) is 5.02 Å². The first kappa shape index (κ1) is 18.7. The van der Waals surface area contributed by atoms with E-state index in [0.717, 1.165) is 0 Å². The fourth-order valence-corrected chi connectivity index (χ4v) is 3.09. The standard InChI is InChI=1S/C19H18ClN3O4/c1-2-19(13-8-4-3-5-9-13)17(25)23(18(26)21-19)22-16(24)12-27-15-11-7-6-10-14(15)20/h3-11H,2,12H2,1H3,(H,21,26)(H,22,24)/t19-/m1/s1. The average Bonchev–Trinajstić information content (AvgIpc) is 2.93. The van der Waals surface area contributed by atoms with Crippen LogP contribution in [0.5, 0.6) is 5.75 Å². The third kappa shape index (κ3) is 3.59. The summed E-state index contributed by atoms with van der Waals surface area (Å²) in [4.78, 5) is 37.4.